The Balaban J connectivity index is 1.54. The number of carbonyl (C=O) groups excluding carboxylic acids is 2. The highest BCUT2D eigenvalue weighted by Crippen LogP contribution is 2.31. The molecule has 0 saturated carbocycles. The fraction of sp³-hybridized carbons (Fsp3) is 0.192. The van der Waals surface area contributed by atoms with E-state index in [1.54, 1.807) is 19.3 Å². The maximum absolute atomic E-state index is 12.8. The molecule has 4 aromatic rings. The fourth-order valence-corrected chi connectivity index (χ4v) is 4.45. The van der Waals surface area contributed by atoms with E-state index in [2.05, 4.69) is 25.8 Å². The Morgan fingerprint density at radius 3 is 2.49 bits per heavy atom. The Morgan fingerprint density at radius 2 is 1.77 bits per heavy atom. The second-order valence-electron chi connectivity index (χ2n) is 8.19. The Morgan fingerprint density at radius 1 is 0.971 bits per heavy atom. The van der Waals surface area contributed by atoms with Gasteiger partial charge in [-0.3, -0.25) is 19.7 Å². The number of hydrogen-bond donors (Lipinski definition) is 2. The monoisotopic (exact) mass is 486 g/mol. The van der Waals surface area contributed by atoms with Crippen molar-refractivity contribution in [3.63, 3.8) is 0 Å². The Labute approximate surface area is 208 Å². The first-order chi connectivity index (χ1) is 16.8. The molecular weight excluding hydrogens is 460 g/mol. The number of para-hydroxylation sites is 1. The standard InChI is InChI=1S/C26H26N6O2S/c1-16-11-12-21(18(3)14-16)28-25(34)29-24(33)19(4)35-26-31-30-23(20-9-7-13-27-15-20)32(26)22-10-6-5-8-17(22)2/h5-15,19H,1-4H3,(H2,28,29,33,34). The van der Waals surface area contributed by atoms with Crippen molar-refractivity contribution >= 4 is 29.4 Å². The van der Waals surface area contributed by atoms with Crippen molar-refractivity contribution in [1.82, 2.24) is 25.1 Å². The van der Waals surface area contributed by atoms with Gasteiger partial charge in [0.2, 0.25) is 5.91 Å². The van der Waals surface area contributed by atoms with Gasteiger partial charge in [0.25, 0.3) is 0 Å². The molecule has 35 heavy (non-hydrogen) atoms. The highest BCUT2D eigenvalue weighted by Gasteiger charge is 2.24. The van der Waals surface area contributed by atoms with Crippen LogP contribution in [0.3, 0.4) is 0 Å². The van der Waals surface area contributed by atoms with Crippen molar-refractivity contribution in [2.45, 2.75) is 38.1 Å². The number of carbonyl (C=O) groups is 2. The van der Waals surface area contributed by atoms with Crippen LogP contribution in [0.4, 0.5) is 10.5 Å². The van der Waals surface area contributed by atoms with Crippen LogP contribution in [0.5, 0.6) is 0 Å². The smallest absolute Gasteiger partial charge is 0.307 e. The van der Waals surface area contributed by atoms with Crippen LogP contribution in [0.25, 0.3) is 17.1 Å². The topological polar surface area (TPSA) is 102 Å². The number of imide groups is 1. The lowest BCUT2D eigenvalue weighted by Gasteiger charge is -2.15. The number of amides is 3. The lowest BCUT2D eigenvalue weighted by Crippen LogP contribution is -2.39. The molecule has 0 saturated heterocycles. The third-order valence-electron chi connectivity index (χ3n) is 5.43. The first-order valence-corrected chi connectivity index (χ1v) is 12.0. The molecule has 0 bridgehead atoms. The molecule has 1 atom stereocenters. The van der Waals surface area contributed by atoms with Crippen molar-refractivity contribution in [3.8, 4) is 17.1 Å². The molecule has 2 aromatic heterocycles. The van der Waals surface area contributed by atoms with Crippen molar-refractivity contribution in [2.75, 3.05) is 5.32 Å². The van der Waals surface area contributed by atoms with Gasteiger partial charge in [0.1, 0.15) is 0 Å². The number of benzene rings is 2. The second-order valence-corrected chi connectivity index (χ2v) is 9.50. The first-order valence-electron chi connectivity index (χ1n) is 11.1. The summed E-state index contributed by atoms with van der Waals surface area (Å²) in [6.45, 7) is 7.62. The van der Waals surface area contributed by atoms with Gasteiger partial charge < -0.3 is 5.32 Å². The number of anilines is 1. The average Bonchev–Trinajstić information content (AvgIpc) is 3.25. The molecule has 2 N–H and O–H groups in total. The highest BCUT2D eigenvalue weighted by atomic mass is 32.2. The predicted octanol–water partition coefficient (Wildman–Crippen LogP) is 5.08. The van der Waals surface area contributed by atoms with Crippen molar-refractivity contribution in [1.29, 1.82) is 0 Å². The van der Waals surface area contributed by atoms with E-state index in [9.17, 15) is 9.59 Å². The van der Waals surface area contributed by atoms with E-state index in [0.717, 1.165) is 27.9 Å². The summed E-state index contributed by atoms with van der Waals surface area (Å²) in [7, 11) is 0. The molecular formula is C26H26N6O2S. The fourth-order valence-electron chi connectivity index (χ4n) is 3.59. The van der Waals surface area contributed by atoms with E-state index >= 15 is 0 Å². The van der Waals surface area contributed by atoms with E-state index in [-0.39, 0.29) is 0 Å². The van der Waals surface area contributed by atoms with Crippen molar-refractivity contribution < 1.29 is 9.59 Å². The van der Waals surface area contributed by atoms with Gasteiger partial charge in [0, 0.05) is 23.6 Å². The van der Waals surface area contributed by atoms with Crippen LogP contribution in [0, 0.1) is 20.8 Å². The summed E-state index contributed by atoms with van der Waals surface area (Å²) in [5.41, 5.74) is 5.41. The number of urea groups is 1. The Bertz CT molecular complexity index is 1370. The molecule has 0 radical (unpaired) electrons. The molecule has 2 heterocycles. The minimum absolute atomic E-state index is 0.431. The molecule has 178 valence electrons. The summed E-state index contributed by atoms with van der Waals surface area (Å²) in [6, 6.07) is 16.7. The van der Waals surface area contributed by atoms with Crippen LogP contribution in [-0.2, 0) is 4.79 Å². The van der Waals surface area contributed by atoms with Gasteiger partial charge in [-0.05, 0) is 63.1 Å². The molecule has 8 nitrogen and oxygen atoms in total. The van der Waals surface area contributed by atoms with Crippen LogP contribution in [-0.4, -0.2) is 36.9 Å². The molecule has 9 heteroatoms. The summed E-state index contributed by atoms with van der Waals surface area (Å²) in [4.78, 5) is 29.5. The van der Waals surface area contributed by atoms with Gasteiger partial charge in [-0.25, -0.2) is 4.79 Å². The predicted molar refractivity (Wildman–Crippen MR) is 138 cm³/mol. The molecule has 0 aliphatic heterocycles. The number of pyridine rings is 1. The van der Waals surface area contributed by atoms with Gasteiger partial charge in [-0.2, -0.15) is 0 Å². The molecule has 0 aliphatic carbocycles. The SMILES string of the molecule is Cc1ccc(NC(=O)NC(=O)C(C)Sc2nnc(-c3cccnc3)n2-c2ccccc2C)c(C)c1. The summed E-state index contributed by atoms with van der Waals surface area (Å²) in [6.07, 6.45) is 3.42. The Kier molecular flexibility index (Phi) is 7.26. The van der Waals surface area contributed by atoms with E-state index in [1.165, 1.54) is 11.8 Å². The molecule has 2 aromatic carbocycles. The molecule has 0 fully saturated rings. The lowest BCUT2D eigenvalue weighted by molar-refractivity contribution is -0.119. The van der Waals surface area contributed by atoms with Crippen LogP contribution >= 0.6 is 11.8 Å². The zero-order valence-electron chi connectivity index (χ0n) is 19.9. The molecule has 0 aliphatic rings. The van der Waals surface area contributed by atoms with Crippen LogP contribution < -0.4 is 10.6 Å². The van der Waals surface area contributed by atoms with Gasteiger partial charge >= 0.3 is 6.03 Å². The third-order valence-corrected chi connectivity index (χ3v) is 6.47. The van der Waals surface area contributed by atoms with E-state index in [0.29, 0.717) is 16.7 Å². The van der Waals surface area contributed by atoms with E-state index < -0.39 is 17.2 Å². The summed E-state index contributed by atoms with van der Waals surface area (Å²) < 4.78 is 1.91. The lowest BCUT2D eigenvalue weighted by atomic mass is 10.1. The average molecular weight is 487 g/mol. The number of nitrogens with one attached hydrogen (secondary N) is 2. The number of rotatable bonds is 6. The van der Waals surface area contributed by atoms with E-state index in [1.807, 2.05) is 79.9 Å². The maximum Gasteiger partial charge on any atom is 0.325 e. The van der Waals surface area contributed by atoms with Crippen LogP contribution in [0.2, 0.25) is 0 Å². The molecule has 1 unspecified atom stereocenters. The number of aromatic nitrogens is 4. The second kappa shape index (κ2) is 10.5. The van der Waals surface area contributed by atoms with Crippen LogP contribution in [0.15, 0.2) is 72.1 Å². The van der Waals surface area contributed by atoms with Gasteiger partial charge in [-0.15, -0.1) is 10.2 Å². The summed E-state index contributed by atoms with van der Waals surface area (Å²) in [5.74, 6) is 0.189. The van der Waals surface area contributed by atoms with Crippen molar-refractivity contribution in [3.05, 3.63) is 83.7 Å². The van der Waals surface area contributed by atoms with E-state index in [4.69, 9.17) is 0 Å². The zero-order chi connectivity index (χ0) is 24.9. The highest BCUT2D eigenvalue weighted by molar-refractivity contribution is 8.00. The number of nitrogens with zero attached hydrogens (tertiary/aromatic N) is 4. The minimum atomic E-state index is -0.603. The number of aryl methyl sites for hydroxylation is 3. The summed E-state index contributed by atoms with van der Waals surface area (Å²) >= 11 is 1.23. The van der Waals surface area contributed by atoms with Gasteiger partial charge in [-0.1, -0.05) is 47.7 Å². The Hall–Kier alpha value is -3.98. The summed E-state index contributed by atoms with van der Waals surface area (Å²) in [5, 5.41) is 13.9. The maximum atomic E-state index is 12.8. The quantitative estimate of drug-likeness (QED) is 0.369. The molecule has 0 spiro atoms. The first kappa shape index (κ1) is 24.2. The largest absolute Gasteiger partial charge is 0.325 e. The normalized spacial score (nSPS) is 11.7. The number of hydrogen-bond acceptors (Lipinski definition) is 6. The van der Waals surface area contributed by atoms with Gasteiger partial charge in [0.15, 0.2) is 11.0 Å². The zero-order valence-corrected chi connectivity index (χ0v) is 20.8. The van der Waals surface area contributed by atoms with Crippen LogP contribution in [0.1, 0.15) is 23.6 Å². The number of thioether (sulfide) groups is 1. The van der Waals surface area contributed by atoms with Crippen molar-refractivity contribution in [2.24, 2.45) is 0 Å². The minimum Gasteiger partial charge on any atom is -0.307 e. The van der Waals surface area contributed by atoms with Gasteiger partial charge in [0.05, 0.1) is 10.9 Å². The third kappa shape index (κ3) is 5.58. The molecule has 4 rings (SSSR count). The molecule has 3 amide bonds.